The van der Waals surface area contributed by atoms with E-state index in [0.717, 1.165) is 5.69 Å². The van der Waals surface area contributed by atoms with Crippen molar-refractivity contribution in [3.8, 4) is 0 Å². The van der Waals surface area contributed by atoms with Gasteiger partial charge in [0.1, 0.15) is 24.4 Å². The van der Waals surface area contributed by atoms with Crippen molar-refractivity contribution < 1.29 is 23.1 Å². The second kappa shape index (κ2) is 10.2. The zero-order chi connectivity index (χ0) is 23.6. The Morgan fingerprint density at radius 1 is 0.774 bits per heavy atom. The number of hydrogen-bond donors (Lipinski definition) is 2. The molecular weight excluding hydrogens is 443 g/mol. The van der Waals surface area contributed by atoms with Gasteiger partial charge in [0.25, 0.3) is 0 Å². The molecule has 1 aromatic rings. The van der Waals surface area contributed by atoms with E-state index in [1.54, 1.807) is 0 Å². The summed E-state index contributed by atoms with van der Waals surface area (Å²) in [5.74, 6) is 0. The molecule has 0 aliphatic carbocycles. The normalized spacial score (nSPS) is 27.9. The van der Waals surface area contributed by atoms with Gasteiger partial charge >= 0.3 is 0 Å². The van der Waals surface area contributed by atoms with Crippen LogP contribution in [-0.2, 0) is 18.0 Å². The number of anilines is 1. The first-order chi connectivity index (χ1) is 14.0. The average molecular weight is 486 g/mol. The number of nitrogens with one attached hydrogen (secondary N) is 1. The van der Waals surface area contributed by atoms with E-state index in [1.165, 1.54) is 5.56 Å². The SMILES string of the molecule is Cc1ccc(NCC2OC(O)C(O[Si](C)(C)C)C(O[Si](C)(C)C)C2O[Si](C)(C)C)cc1. The lowest BCUT2D eigenvalue weighted by molar-refractivity contribution is -0.267. The molecule has 0 saturated carbocycles. The minimum absolute atomic E-state index is 0.318. The predicted molar refractivity (Wildman–Crippen MR) is 135 cm³/mol. The molecule has 5 atom stereocenters. The van der Waals surface area contributed by atoms with Gasteiger partial charge in [-0.3, -0.25) is 0 Å². The molecule has 2 N–H and O–H groups in total. The quantitative estimate of drug-likeness (QED) is 0.490. The lowest BCUT2D eigenvalue weighted by atomic mass is 9.99. The maximum absolute atomic E-state index is 11.0. The molecule has 0 spiro atoms. The Labute approximate surface area is 192 Å². The molecule has 1 aliphatic heterocycles. The maximum atomic E-state index is 11.0. The van der Waals surface area contributed by atoms with Crippen LogP contribution < -0.4 is 5.32 Å². The van der Waals surface area contributed by atoms with Crippen LogP contribution in [0.2, 0.25) is 58.9 Å². The number of aliphatic hydroxyl groups is 1. The number of aliphatic hydroxyl groups excluding tert-OH is 1. The van der Waals surface area contributed by atoms with Gasteiger partial charge in [-0.2, -0.15) is 0 Å². The van der Waals surface area contributed by atoms with Crippen molar-refractivity contribution >= 4 is 30.6 Å². The topological polar surface area (TPSA) is 69.2 Å². The van der Waals surface area contributed by atoms with E-state index in [9.17, 15) is 5.11 Å². The van der Waals surface area contributed by atoms with Crippen LogP contribution in [0.4, 0.5) is 5.69 Å². The van der Waals surface area contributed by atoms with Gasteiger partial charge in [-0.15, -0.1) is 0 Å². The molecule has 1 fully saturated rings. The Morgan fingerprint density at radius 3 is 1.71 bits per heavy atom. The van der Waals surface area contributed by atoms with E-state index in [1.807, 2.05) is 0 Å². The molecule has 0 radical (unpaired) electrons. The van der Waals surface area contributed by atoms with E-state index < -0.39 is 37.3 Å². The summed E-state index contributed by atoms with van der Waals surface area (Å²) in [7, 11) is -5.83. The van der Waals surface area contributed by atoms with E-state index in [4.69, 9.17) is 18.0 Å². The molecule has 5 unspecified atom stereocenters. The van der Waals surface area contributed by atoms with E-state index in [2.05, 4.69) is 95.4 Å². The molecule has 1 aromatic carbocycles. The Morgan fingerprint density at radius 2 is 1.23 bits per heavy atom. The van der Waals surface area contributed by atoms with Crippen molar-refractivity contribution in [2.75, 3.05) is 11.9 Å². The van der Waals surface area contributed by atoms with Crippen molar-refractivity contribution in [2.24, 2.45) is 0 Å². The fraction of sp³-hybridized carbons (Fsp3) is 0.727. The Hall–Kier alpha value is -0.529. The highest BCUT2D eigenvalue weighted by Gasteiger charge is 2.50. The number of benzene rings is 1. The molecule has 2 rings (SSSR count). The van der Waals surface area contributed by atoms with Crippen LogP contribution in [0, 0.1) is 6.92 Å². The number of aryl methyl sites for hydroxylation is 1. The first-order valence-corrected chi connectivity index (χ1v) is 21.4. The molecule has 31 heavy (non-hydrogen) atoms. The van der Waals surface area contributed by atoms with Crippen LogP contribution in [0.15, 0.2) is 24.3 Å². The summed E-state index contributed by atoms with van der Waals surface area (Å²) in [4.78, 5) is 0. The smallest absolute Gasteiger partial charge is 0.184 e. The van der Waals surface area contributed by atoms with Crippen LogP contribution in [0.3, 0.4) is 0 Å². The highest BCUT2D eigenvalue weighted by Crippen LogP contribution is 2.33. The van der Waals surface area contributed by atoms with Crippen LogP contribution in [-0.4, -0.2) is 67.3 Å². The van der Waals surface area contributed by atoms with E-state index >= 15 is 0 Å². The van der Waals surface area contributed by atoms with Gasteiger partial charge in [0.15, 0.2) is 31.2 Å². The van der Waals surface area contributed by atoms with Crippen molar-refractivity contribution in [1.29, 1.82) is 0 Å². The van der Waals surface area contributed by atoms with Gasteiger partial charge in [-0.05, 0) is 78.0 Å². The lowest BCUT2D eigenvalue weighted by Crippen LogP contribution is -2.66. The highest BCUT2D eigenvalue weighted by atomic mass is 28.4. The molecular formula is C22H43NO5Si3. The van der Waals surface area contributed by atoms with Crippen LogP contribution >= 0.6 is 0 Å². The highest BCUT2D eigenvalue weighted by molar-refractivity contribution is 6.70. The second-order valence-electron chi connectivity index (χ2n) is 11.4. The van der Waals surface area contributed by atoms with Crippen LogP contribution in [0.1, 0.15) is 5.56 Å². The molecule has 0 aromatic heterocycles. The molecule has 0 amide bonds. The summed E-state index contributed by atoms with van der Waals surface area (Å²) < 4.78 is 25.8. The Bertz CT molecular complexity index is 697. The van der Waals surface area contributed by atoms with Crippen molar-refractivity contribution in [3.63, 3.8) is 0 Å². The molecule has 1 heterocycles. The summed E-state index contributed by atoms with van der Waals surface area (Å²) >= 11 is 0. The fourth-order valence-corrected chi connectivity index (χ4v) is 6.83. The minimum Gasteiger partial charge on any atom is -0.409 e. The summed E-state index contributed by atoms with van der Waals surface area (Å²) in [5.41, 5.74) is 2.23. The van der Waals surface area contributed by atoms with Gasteiger partial charge in [0.05, 0.1) is 0 Å². The third-order valence-electron chi connectivity index (χ3n) is 4.64. The van der Waals surface area contributed by atoms with Crippen molar-refractivity contribution in [1.82, 2.24) is 0 Å². The minimum atomic E-state index is -1.95. The van der Waals surface area contributed by atoms with Crippen molar-refractivity contribution in [3.05, 3.63) is 29.8 Å². The monoisotopic (exact) mass is 485 g/mol. The molecule has 1 saturated heterocycles. The Kier molecular flexibility index (Phi) is 8.76. The molecule has 178 valence electrons. The number of ether oxygens (including phenoxy) is 1. The second-order valence-corrected chi connectivity index (χ2v) is 24.8. The van der Waals surface area contributed by atoms with Crippen LogP contribution in [0.25, 0.3) is 0 Å². The summed E-state index contributed by atoms with van der Waals surface area (Å²) in [6, 6.07) is 8.25. The number of hydrogen-bond acceptors (Lipinski definition) is 6. The average Bonchev–Trinajstić information content (AvgIpc) is 2.57. The Balaban J connectivity index is 2.33. The summed E-state index contributed by atoms with van der Waals surface area (Å²) in [5, 5.41) is 14.4. The maximum Gasteiger partial charge on any atom is 0.184 e. The standard InChI is InChI=1S/C22H43NO5Si3/c1-16-11-13-17(14-12-16)23-15-18-19(26-29(2,3)4)20(27-30(5,6)7)21(22(24)25-18)28-31(8,9)10/h11-14,18-24H,15H2,1-10H3. The number of rotatable bonds is 9. The third-order valence-corrected chi connectivity index (χ3v) is 7.57. The van der Waals surface area contributed by atoms with Gasteiger partial charge in [-0.25, -0.2) is 0 Å². The van der Waals surface area contributed by atoms with Gasteiger partial charge < -0.3 is 28.4 Å². The molecule has 0 bridgehead atoms. The predicted octanol–water partition coefficient (Wildman–Crippen LogP) is 4.78. The van der Waals surface area contributed by atoms with Gasteiger partial charge in [0, 0.05) is 12.2 Å². The fourth-order valence-electron chi connectivity index (χ4n) is 3.58. The van der Waals surface area contributed by atoms with Gasteiger partial charge in [0.2, 0.25) is 0 Å². The van der Waals surface area contributed by atoms with E-state index in [0.29, 0.717) is 6.54 Å². The van der Waals surface area contributed by atoms with E-state index in [-0.39, 0.29) is 18.3 Å². The zero-order valence-electron chi connectivity index (χ0n) is 21.0. The molecule has 1 aliphatic rings. The first-order valence-electron chi connectivity index (χ1n) is 11.2. The van der Waals surface area contributed by atoms with Crippen LogP contribution in [0.5, 0.6) is 0 Å². The summed E-state index contributed by atoms with van der Waals surface area (Å²) in [6.45, 7) is 21.9. The summed E-state index contributed by atoms with van der Waals surface area (Å²) in [6.07, 6.45) is -2.67. The van der Waals surface area contributed by atoms with Crippen molar-refractivity contribution in [2.45, 2.75) is 96.6 Å². The molecule has 9 heteroatoms. The van der Waals surface area contributed by atoms with Gasteiger partial charge in [-0.1, -0.05) is 17.7 Å². The lowest BCUT2D eigenvalue weighted by Gasteiger charge is -2.49. The zero-order valence-corrected chi connectivity index (χ0v) is 24.0. The largest absolute Gasteiger partial charge is 0.409 e. The first kappa shape index (κ1) is 26.7. The third kappa shape index (κ3) is 9.09. The molecule has 6 nitrogen and oxygen atoms in total.